The Bertz CT molecular complexity index is 955. The Hall–Kier alpha value is -2.94. The summed E-state index contributed by atoms with van der Waals surface area (Å²) >= 11 is 6.28. The summed E-state index contributed by atoms with van der Waals surface area (Å²) in [4.78, 5) is 2.50. The number of nitrogens with one attached hydrogen (secondary N) is 2. The van der Waals surface area contributed by atoms with Crippen LogP contribution in [0.2, 0.25) is 5.02 Å². The highest BCUT2D eigenvalue weighted by molar-refractivity contribution is 6.31. The van der Waals surface area contributed by atoms with Crippen molar-refractivity contribution >= 4 is 34.4 Å². The molecule has 3 rings (SSSR count). The summed E-state index contributed by atoms with van der Waals surface area (Å²) in [6.45, 7) is 8.02. The van der Waals surface area contributed by atoms with Crippen LogP contribution in [0.3, 0.4) is 0 Å². The zero-order valence-electron chi connectivity index (χ0n) is 17.1. The summed E-state index contributed by atoms with van der Waals surface area (Å²) in [5.41, 5.74) is 10.5. The summed E-state index contributed by atoms with van der Waals surface area (Å²) < 4.78 is 0. The molecule has 30 heavy (non-hydrogen) atoms. The van der Waals surface area contributed by atoms with E-state index in [0.717, 1.165) is 35.7 Å². The van der Waals surface area contributed by atoms with Gasteiger partial charge in [0.1, 0.15) is 0 Å². The molecule has 0 unspecified atom stereocenters. The van der Waals surface area contributed by atoms with E-state index in [2.05, 4.69) is 28.2 Å². The molecule has 0 aliphatic carbocycles. The number of piperidine rings is 1. The molecule has 0 amide bonds. The third kappa shape index (κ3) is 6.03. The minimum atomic E-state index is 0.506. The first kappa shape index (κ1) is 21.8. The largest absolute Gasteiger partial charge is 0.399 e. The van der Waals surface area contributed by atoms with Crippen molar-refractivity contribution in [1.29, 1.82) is 5.26 Å². The highest BCUT2D eigenvalue weighted by Gasteiger charge is 2.12. The van der Waals surface area contributed by atoms with Gasteiger partial charge < -0.3 is 21.3 Å². The number of halogens is 1. The zero-order valence-corrected chi connectivity index (χ0v) is 17.9. The van der Waals surface area contributed by atoms with Crippen molar-refractivity contribution in [2.45, 2.75) is 19.3 Å². The van der Waals surface area contributed by atoms with Gasteiger partial charge in [0.15, 0.2) is 0 Å². The highest BCUT2D eigenvalue weighted by Crippen LogP contribution is 2.29. The lowest BCUT2D eigenvalue weighted by atomic mass is 10.1. The molecule has 0 radical (unpaired) electrons. The number of nitrogens with zero attached hydrogens (tertiary/aromatic N) is 2. The molecule has 0 bridgehead atoms. The number of hydrogen-bond donors (Lipinski definition) is 3. The number of anilines is 3. The molecule has 0 atom stereocenters. The average Bonchev–Trinajstić information content (AvgIpc) is 2.74. The third-order valence-electron chi connectivity index (χ3n) is 5.11. The Morgan fingerprint density at radius 2 is 2.00 bits per heavy atom. The number of hydrogen-bond acceptors (Lipinski definition) is 5. The van der Waals surface area contributed by atoms with E-state index >= 15 is 0 Å². The fourth-order valence-corrected chi connectivity index (χ4v) is 3.86. The van der Waals surface area contributed by atoms with Crippen LogP contribution >= 0.6 is 11.6 Å². The molecule has 2 aromatic carbocycles. The lowest BCUT2D eigenvalue weighted by Gasteiger charge is -2.27. The maximum atomic E-state index is 9.23. The Kier molecular flexibility index (Phi) is 7.78. The molecule has 6 heteroatoms. The molecule has 1 fully saturated rings. The zero-order chi connectivity index (χ0) is 21.3. The van der Waals surface area contributed by atoms with E-state index in [0.29, 0.717) is 16.3 Å². The van der Waals surface area contributed by atoms with Crippen molar-refractivity contribution in [2.24, 2.45) is 0 Å². The molecule has 1 saturated heterocycles. The average molecular weight is 422 g/mol. The third-order valence-corrected chi connectivity index (χ3v) is 5.35. The van der Waals surface area contributed by atoms with E-state index in [9.17, 15) is 5.26 Å². The van der Waals surface area contributed by atoms with Crippen LogP contribution in [0, 0.1) is 11.3 Å². The van der Waals surface area contributed by atoms with Crippen molar-refractivity contribution in [1.82, 2.24) is 4.90 Å². The summed E-state index contributed by atoms with van der Waals surface area (Å²) in [5.74, 6) is 0. The van der Waals surface area contributed by atoms with E-state index in [-0.39, 0.29) is 0 Å². The topological polar surface area (TPSA) is 77.1 Å². The Morgan fingerprint density at radius 3 is 2.73 bits per heavy atom. The molecule has 5 nitrogen and oxygen atoms in total. The maximum Gasteiger partial charge on any atom is 0.0993 e. The van der Waals surface area contributed by atoms with Crippen molar-refractivity contribution in [3.63, 3.8) is 0 Å². The van der Waals surface area contributed by atoms with E-state index in [4.69, 9.17) is 17.3 Å². The lowest BCUT2D eigenvalue weighted by molar-refractivity contribution is 0.237. The van der Waals surface area contributed by atoms with Crippen LogP contribution in [0.25, 0.3) is 5.70 Å². The fraction of sp³-hybridized carbons (Fsp3) is 0.292. The number of nitrogens with two attached hydrogens (primary N) is 1. The van der Waals surface area contributed by atoms with Crippen molar-refractivity contribution < 1.29 is 0 Å². The molecular weight excluding hydrogens is 394 g/mol. The molecule has 0 saturated carbocycles. The van der Waals surface area contributed by atoms with Gasteiger partial charge in [0.05, 0.1) is 11.6 Å². The van der Waals surface area contributed by atoms with E-state index < -0.39 is 0 Å². The van der Waals surface area contributed by atoms with Crippen LogP contribution in [0.5, 0.6) is 0 Å². The van der Waals surface area contributed by atoms with Gasteiger partial charge in [0.2, 0.25) is 0 Å². The number of rotatable bonds is 8. The summed E-state index contributed by atoms with van der Waals surface area (Å²) in [6.07, 6.45) is 7.52. The van der Waals surface area contributed by atoms with Gasteiger partial charge in [-0.15, -0.1) is 0 Å². The van der Waals surface area contributed by atoms with Crippen LogP contribution < -0.4 is 16.4 Å². The molecule has 1 aliphatic rings. The minimum absolute atomic E-state index is 0.506. The molecule has 0 spiro atoms. The smallest absolute Gasteiger partial charge is 0.0993 e. The number of likely N-dealkylation sites (tertiary alicyclic amines) is 1. The minimum Gasteiger partial charge on any atom is -0.399 e. The second-order valence-corrected chi connectivity index (χ2v) is 7.85. The van der Waals surface area contributed by atoms with Crippen molar-refractivity contribution in [2.75, 3.05) is 42.5 Å². The first-order valence-electron chi connectivity index (χ1n) is 10.3. The first-order valence-corrected chi connectivity index (χ1v) is 10.6. The molecule has 1 aliphatic heterocycles. The normalized spacial score (nSPS) is 14.7. The predicted octanol–water partition coefficient (Wildman–Crippen LogP) is 5.33. The van der Waals surface area contributed by atoms with Crippen LogP contribution in [0.4, 0.5) is 17.1 Å². The fourth-order valence-electron chi connectivity index (χ4n) is 3.69. The van der Waals surface area contributed by atoms with E-state index in [1.54, 1.807) is 24.3 Å². The summed E-state index contributed by atoms with van der Waals surface area (Å²) in [6, 6.07) is 13.1. The van der Waals surface area contributed by atoms with Gasteiger partial charge in [-0.2, -0.15) is 5.26 Å². The first-order chi connectivity index (χ1) is 14.6. The quantitative estimate of drug-likeness (QED) is 0.396. The van der Waals surface area contributed by atoms with Crippen LogP contribution in [-0.2, 0) is 0 Å². The summed E-state index contributed by atoms with van der Waals surface area (Å²) in [7, 11) is 0. The maximum absolute atomic E-state index is 9.23. The van der Waals surface area contributed by atoms with E-state index in [1.807, 2.05) is 24.3 Å². The van der Waals surface area contributed by atoms with Crippen LogP contribution in [0.1, 0.15) is 30.4 Å². The Morgan fingerprint density at radius 1 is 1.20 bits per heavy atom. The number of allylic oxidation sites excluding steroid dienone is 2. The standard InChI is InChI=1S/C24H28ClN5/c1-2-6-23(29-21-14-18(17-26)13-20(27)16-21)22-8-7-19(25)15-24(22)28-9-12-30-10-4-3-5-11-30/h2,6-8,13-16,28-29H,1,3-5,9-12,27H2/b23-6+. The molecule has 2 aromatic rings. The van der Waals surface area contributed by atoms with Gasteiger partial charge in [0.25, 0.3) is 0 Å². The van der Waals surface area contributed by atoms with Crippen LogP contribution in [-0.4, -0.2) is 31.1 Å². The van der Waals surface area contributed by atoms with Gasteiger partial charge in [0, 0.05) is 46.4 Å². The molecular formula is C24H28ClN5. The molecule has 4 N–H and O–H groups in total. The Balaban J connectivity index is 1.80. The van der Waals surface area contributed by atoms with Crippen LogP contribution in [0.15, 0.2) is 55.1 Å². The van der Waals surface area contributed by atoms with E-state index in [1.165, 1.54) is 32.4 Å². The number of benzene rings is 2. The summed E-state index contributed by atoms with van der Waals surface area (Å²) in [5, 5.41) is 16.8. The molecule has 1 heterocycles. The van der Waals surface area contributed by atoms with Crippen molar-refractivity contribution in [3.8, 4) is 6.07 Å². The Labute approximate surface area is 183 Å². The second-order valence-electron chi connectivity index (χ2n) is 7.42. The van der Waals surface area contributed by atoms with Gasteiger partial charge in [-0.05, 0) is 68.4 Å². The lowest BCUT2D eigenvalue weighted by Crippen LogP contribution is -2.33. The number of nitriles is 1. The predicted molar refractivity (Wildman–Crippen MR) is 128 cm³/mol. The van der Waals surface area contributed by atoms with Gasteiger partial charge in [-0.1, -0.05) is 30.7 Å². The monoisotopic (exact) mass is 421 g/mol. The molecule has 0 aromatic heterocycles. The SMILES string of the molecule is C=C/C=C(/Nc1cc(N)cc(C#N)c1)c1ccc(Cl)cc1NCCN1CCCCC1. The number of nitrogen functional groups attached to an aromatic ring is 1. The van der Waals surface area contributed by atoms with Gasteiger partial charge >= 0.3 is 0 Å². The molecule has 156 valence electrons. The second kappa shape index (κ2) is 10.7. The van der Waals surface area contributed by atoms with Gasteiger partial charge in [-0.25, -0.2) is 0 Å². The van der Waals surface area contributed by atoms with Gasteiger partial charge in [-0.3, -0.25) is 0 Å². The van der Waals surface area contributed by atoms with Crippen molar-refractivity contribution in [3.05, 3.63) is 71.3 Å². The highest BCUT2D eigenvalue weighted by atomic mass is 35.5.